The molecule has 0 N–H and O–H groups in total. The van der Waals surface area contributed by atoms with Crippen LogP contribution in [0.4, 0.5) is 0 Å². The lowest BCUT2D eigenvalue weighted by Crippen LogP contribution is -2.42. The third-order valence-electron chi connectivity index (χ3n) is 4.69. The highest BCUT2D eigenvalue weighted by molar-refractivity contribution is 5.66. The van der Waals surface area contributed by atoms with Gasteiger partial charge in [-0.1, -0.05) is 5.21 Å². The van der Waals surface area contributed by atoms with Gasteiger partial charge in [0.25, 0.3) is 0 Å². The molecule has 1 aliphatic rings. The van der Waals surface area contributed by atoms with Crippen LogP contribution in [-0.4, -0.2) is 66.3 Å². The van der Waals surface area contributed by atoms with Crippen LogP contribution in [0.25, 0.3) is 0 Å². The molecule has 3 rings (SSSR count). The summed E-state index contributed by atoms with van der Waals surface area (Å²) in [6.07, 6.45) is 2.92. The average molecular weight is 461 g/mol. The Labute approximate surface area is 191 Å². The zero-order valence-corrected chi connectivity index (χ0v) is 18.9. The van der Waals surface area contributed by atoms with Crippen molar-refractivity contribution in [2.75, 3.05) is 20.8 Å². The van der Waals surface area contributed by atoms with Crippen LogP contribution >= 0.6 is 0 Å². The Balaban J connectivity index is 1.59. The summed E-state index contributed by atoms with van der Waals surface area (Å²) in [5.41, 5.74) is 1.48. The summed E-state index contributed by atoms with van der Waals surface area (Å²) in [5, 5.41) is 8.26. The van der Waals surface area contributed by atoms with Crippen LogP contribution in [0, 0.1) is 0 Å². The van der Waals surface area contributed by atoms with Gasteiger partial charge in [-0.25, -0.2) is 4.68 Å². The molecule has 2 aromatic rings. The van der Waals surface area contributed by atoms with Gasteiger partial charge in [0.2, 0.25) is 0 Å². The van der Waals surface area contributed by atoms with Crippen molar-refractivity contribution in [3.05, 3.63) is 47.8 Å². The Morgan fingerprint density at radius 3 is 2.64 bits per heavy atom. The van der Waals surface area contributed by atoms with E-state index in [0.29, 0.717) is 23.7 Å². The fourth-order valence-corrected chi connectivity index (χ4v) is 3.18. The summed E-state index contributed by atoms with van der Waals surface area (Å²) in [4.78, 5) is 22.5. The van der Waals surface area contributed by atoms with Crippen molar-refractivity contribution < 1.29 is 38.0 Å². The topological polar surface area (TPSA) is 120 Å². The zero-order valence-electron chi connectivity index (χ0n) is 18.9. The molecule has 178 valence electrons. The highest BCUT2D eigenvalue weighted by Crippen LogP contribution is 2.25. The van der Waals surface area contributed by atoms with Crippen LogP contribution in [0.5, 0.6) is 11.5 Å². The quantitative estimate of drug-likeness (QED) is 0.381. The number of aromatic nitrogens is 3. The van der Waals surface area contributed by atoms with Crippen molar-refractivity contribution in [3.8, 4) is 11.5 Å². The van der Waals surface area contributed by atoms with Gasteiger partial charge in [0.05, 0.1) is 33.6 Å². The van der Waals surface area contributed by atoms with Crippen LogP contribution in [-0.2, 0) is 41.7 Å². The number of methoxy groups -OCH3 is 2. The Kier molecular flexibility index (Phi) is 8.39. The second-order valence-electron chi connectivity index (χ2n) is 7.20. The maximum Gasteiger partial charge on any atom is 0.303 e. The van der Waals surface area contributed by atoms with Crippen LogP contribution in [0.1, 0.15) is 25.1 Å². The maximum absolute atomic E-state index is 11.3. The number of hydrogen-bond donors (Lipinski definition) is 0. The van der Waals surface area contributed by atoms with E-state index in [1.54, 1.807) is 37.3 Å². The fraction of sp³-hybridized carbons (Fsp3) is 0.455. The maximum atomic E-state index is 11.3. The third kappa shape index (κ3) is 7.02. The van der Waals surface area contributed by atoms with Crippen LogP contribution in [0.2, 0.25) is 0 Å². The molecule has 0 saturated heterocycles. The van der Waals surface area contributed by atoms with Gasteiger partial charge in [0, 0.05) is 19.4 Å². The first-order chi connectivity index (χ1) is 15.9. The molecule has 2 heterocycles. The summed E-state index contributed by atoms with van der Waals surface area (Å²) in [7, 11) is 3.20. The van der Waals surface area contributed by atoms with Gasteiger partial charge in [-0.15, -0.1) is 5.10 Å². The molecule has 1 aromatic carbocycles. The molecule has 33 heavy (non-hydrogen) atoms. The molecular formula is C22H27N3O8. The smallest absolute Gasteiger partial charge is 0.303 e. The molecule has 0 radical (unpaired) electrons. The van der Waals surface area contributed by atoms with Crippen molar-refractivity contribution >= 4 is 11.9 Å². The molecule has 1 aliphatic heterocycles. The number of esters is 2. The molecule has 0 fully saturated rings. The Morgan fingerprint density at radius 2 is 1.94 bits per heavy atom. The normalized spacial score (nSPS) is 19.7. The van der Waals surface area contributed by atoms with Crippen LogP contribution < -0.4 is 9.47 Å². The summed E-state index contributed by atoms with van der Waals surface area (Å²) in [6, 6.07) is 5.53. The Hall–Kier alpha value is -3.44. The minimum absolute atomic E-state index is 0.0734. The number of rotatable bonds is 10. The first-order valence-corrected chi connectivity index (χ1v) is 10.2. The Bertz CT molecular complexity index is 990. The summed E-state index contributed by atoms with van der Waals surface area (Å²) in [6.45, 7) is 3.07. The number of nitrogens with zero attached hydrogens (tertiary/aromatic N) is 3. The van der Waals surface area contributed by atoms with Gasteiger partial charge < -0.3 is 28.4 Å². The molecule has 1 unspecified atom stereocenters. The zero-order chi connectivity index (χ0) is 23.8. The van der Waals surface area contributed by atoms with E-state index in [1.807, 2.05) is 18.2 Å². The second-order valence-corrected chi connectivity index (χ2v) is 7.20. The van der Waals surface area contributed by atoms with Crippen LogP contribution in [0.3, 0.4) is 0 Å². The van der Waals surface area contributed by atoms with E-state index in [4.69, 9.17) is 28.4 Å². The minimum atomic E-state index is -0.735. The molecule has 11 heteroatoms. The fourth-order valence-electron chi connectivity index (χ4n) is 3.18. The van der Waals surface area contributed by atoms with Gasteiger partial charge in [0.15, 0.2) is 6.29 Å². The van der Waals surface area contributed by atoms with E-state index in [1.165, 1.54) is 13.8 Å². The predicted molar refractivity (Wildman–Crippen MR) is 113 cm³/mol. The van der Waals surface area contributed by atoms with Gasteiger partial charge in [-0.3, -0.25) is 9.59 Å². The Morgan fingerprint density at radius 1 is 1.12 bits per heavy atom. The van der Waals surface area contributed by atoms with E-state index < -0.39 is 30.4 Å². The average Bonchev–Trinajstić information content (AvgIpc) is 3.24. The summed E-state index contributed by atoms with van der Waals surface area (Å²) < 4.78 is 34.1. The third-order valence-corrected chi connectivity index (χ3v) is 4.69. The van der Waals surface area contributed by atoms with Crippen molar-refractivity contribution in [3.63, 3.8) is 0 Å². The summed E-state index contributed by atoms with van der Waals surface area (Å²) >= 11 is 0. The number of carbonyl (C=O) groups is 2. The van der Waals surface area contributed by atoms with Crippen LogP contribution in [0.15, 0.2) is 36.5 Å². The van der Waals surface area contributed by atoms with Crippen molar-refractivity contribution in [2.24, 2.45) is 0 Å². The molecule has 0 bridgehead atoms. The second kappa shape index (κ2) is 11.4. The molecule has 11 nitrogen and oxygen atoms in total. The molecule has 0 spiro atoms. The highest BCUT2D eigenvalue weighted by Gasteiger charge is 2.31. The molecule has 0 saturated carbocycles. The van der Waals surface area contributed by atoms with Crippen molar-refractivity contribution in [1.29, 1.82) is 0 Å². The minimum Gasteiger partial charge on any atom is -0.497 e. The molecule has 0 aliphatic carbocycles. The van der Waals surface area contributed by atoms with Gasteiger partial charge >= 0.3 is 11.9 Å². The molecular weight excluding hydrogens is 434 g/mol. The lowest BCUT2D eigenvalue weighted by Gasteiger charge is -2.31. The molecule has 0 amide bonds. The summed E-state index contributed by atoms with van der Waals surface area (Å²) in [5.74, 6) is 0.498. The molecule has 3 atom stereocenters. The van der Waals surface area contributed by atoms with Gasteiger partial charge in [-0.2, -0.15) is 0 Å². The van der Waals surface area contributed by atoms with Gasteiger partial charge in [0.1, 0.15) is 36.0 Å². The standard InChI is InChI=1S/C22H27N3O8/c1-14(26)30-13-21-20(32-15(2)27)7-8-22(33-21)31-12-17-11-25(24-23-17)10-16-9-18(28-3)5-6-19(16)29-4/h5-9,11,20-22H,10,12-13H2,1-4H3/t20-,21+,22?/m0/s1. The monoisotopic (exact) mass is 461 g/mol. The van der Waals surface area contributed by atoms with E-state index in [0.717, 1.165) is 5.56 Å². The SMILES string of the molecule is COc1ccc(OC)c(Cn2cc(COC3C=C[C@H](OC(C)=O)[C@@H](COC(C)=O)O3)nn2)c1. The lowest BCUT2D eigenvalue weighted by atomic mass is 10.1. The first kappa shape index (κ1) is 24.2. The van der Waals surface area contributed by atoms with E-state index in [-0.39, 0.29) is 13.2 Å². The van der Waals surface area contributed by atoms with E-state index in [9.17, 15) is 9.59 Å². The number of ether oxygens (including phenoxy) is 6. The van der Waals surface area contributed by atoms with E-state index in [2.05, 4.69) is 10.3 Å². The number of hydrogen-bond acceptors (Lipinski definition) is 10. The highest BCUT2D eigenvalue weighted by atomic mass is 16.7. The first-order valence-electron chi connectivity index (χ1n) is 10.2. The van der Waals surface area contributed by atoms with Gasteiger partial charge in [-0.05, 0) is 30.4 Å². The number of benzene rings is 1. The predicted octanol–water partition coefficient (Wildman–Crippen LogP) is 1.64. The number of carbonyl (C=O) groups excluding carboxylic acids is 2. The lowest BCUT2D eigenvalue weighted by molar-refractivity contribution is -0.200. The largest absolute Gasteiger partial charge is 0.497 e. The van der Waals surface area contributed by atoms with Crippen molar-refractivity contribution in [1.82, 2.24) is 15.0 Å². The van der Waals surface area contributed by atoms with Crippen molar-refractivity contribution in [2.45, 2.75) is 45.5 Å². The van der Waals surface area contributed by atoms with E-state index >= 15 is 0 Å². The molecule has 1 aromatic heterocycles.